The minimum Gasteiger partial charge on any atom is -0.399 e. The third kappa shape index (κ3) is 31.7. The van der Waals surface area contributed by atoms with Gasteiger partial charge in [0.15, 0.2) is 9.84 Å². The first kappa shape index (κ1) is 107. The molecule has 1 saturated heterocycles. The molecule has 7 aromatic heterocycles. The first-order chi connectivity index (χ1) is 65.7. The summed E-state index contributed by atoms with van der Waals surface area (Å²) in [6, 6.07) is 55.5. The normalized spacial score (nSPS) is 12.5. The lowest BCUT2D eigenvalue weighted by atomic mass is 10.1. The Hall–Kier alpha value is -13.6. The Balaban J connectivity index is 0.000000168. The number of halogens is 6. The number of anilines is 14. The van der Waals surface area contributed by atoms with Crippen LogP contribution in [-0.4, -0.2) is 190 Å². The standard InChI is InChI=1S/C21H22F3N4O3PS.C19H25F3N5O2P.C19H21N4OP.C18H18N5O3P.C18H20N5OP/c1-32(2,29)16-9-7-15(8-10-16)27-20-26-13-18(21(22,23)24)19(28-20)25-12-14-5-4-6-17(11-14)33(3,30)31;1-30(2,28)15-5-3-14(4-6-15)25-18-24-13-16(19(20,21)22)17(26-18)23-7-8-27-9-11-29-12-10-27;1-13-4-7-15(20)12-18(13)23-19-21-11-10-17(22-19)14-5-8-16(9-6-14)25(2,3)24;1-12-4-6-14(23(24)25)10-16(12)22-18-19-9-8-15(21-18)13-5-7-17(20-11-13)27(2,3)26;1-12-4-6-14(19)10-16(12)23-18-20-9-8-15(22-18)13-5-7-17(21-11-13)25(2,3)24/h4-11,13H,12H2,1-3H3,(H2,25,26,27,28);3-6,13H,7-12H2,1-2H3,(H2,23,24,25,26);4-12H,20H2,1-3H3,(H,21,22,23);4-11H,1-3H3,(H,19,21,22);4-11H,19H2,1-3H3,(H,20,22,23). The van der Waals surface area contributed by atoms with E-state index in [2.05, 4.69) is 102 Å². The number of morpholine rings is 1. The van der Waals surface area contributed by atoms with Crippen LogP contribution in [0.15, 0.2) is 242 Å². The predicted molar refractivity (Wildman–Crippen MR) is 548 cm³/mol. The van der Waals surface area contributed by atoms with E-state index in [1.54, 1.807) is 176 Å². The number of hydrogen-bond donors (Lipinski definition) is 9. The van der Waals surface area contributed by atoms with Crippen LogP contribution in [0.5, 0.6) is 0 Å². The summed E-state index contributed by atoms with van der Waals surface area (Å²) < 4.78 is 170. The molecule has 0 radical (unpaired) electrons. The molecular formula is C95H106F6N23O10P5S. The van der Waals surface area contributed by atoms with E-state index in [9.17, 15) is 67.7 Å². The summed E-state index contributed by atoms with van der Waals surface area (Å²) in [5.74, 6) is 0.556. The minimum atomic E-state index is -4.69. The van der Waals surface area contributed by atoms with E-state index in [1.807, 2.05) is 106 Å². The number of nitrogens with zero attached hydrogens (tertiary/aromatic N) is 14. The number of pyridine rings is 2. The zero-order valence-electron chi connectivity index (χ0n) is 78.9. The highest BCUT2D eigenvalue weighted by atomic mass is 32.2. The number of alkyl halides is 6. The number of aromatic nitrogens is 12. The lowest BCUT2D eigenvalue weighted by molar-refractivity contribution is -0.384. The van der Waals surface area contributed by atoms with Crippen molar-refractivity contribution in [2.75, 3.05) is 161 Å². The van der Waals surface area contributed by atoms with Gasteiger partial charge in [0.05, 0.1) is 56.7 Å². The highest BCUT2D eigenvalue weighted by molar-refractivity contribution is 7.90. The van der Waals surface area contributed by atoms with Crippen molar-refractivity contribution in [1.82, 2.24) is 64.7 Å². The molecule has 0 amide bonds. The molecule has 0 atom stereocenters. The Morgan fingerprint density at radius 1 is 0.429 bits per heavy atom. The molecule has 0 aliphatic carbocycles. The van der Waals surface area contributed by atoms with Gasteiger partial charge in [0.1, 0.15) is 58.5 Å². The number of nitrogens with one attached hydrogen (secondary N) is 7. The number of benzene rings is 7. The highest BCUT2D eigenvalue weighted by Gasteiger charge is 2.37. The lowest BCUT2D eigenvalue weighted by Crippen LogP contribution is -2.39. The summed E-state index contributed by atoms with van der Waals surface area (Å²) in [6.45, 7) is 26.3. The Bertz CT molecular complexity index is 6950. The van der Waals surface area contributed by atoms with E-state index in [4.69, 9.17) is 16.2 Å². The fraction of sp³-hybridized carbons (Fsp3) is 0.242. The molecular weight excluding hydrogens is 1920 g/mol. The van der Waals surface area contributed by atoms with Crippen LogP contribution in [0, 0.1) is 30.9 Å². The quantitative estimate of drug-likeness (QED) is 0.00759. The van der Waals surface area contributed by atoms with E-state index in [0.717, 1.165) is 87.0 Å². The van der Waals surface area contributed by atoms with Crippen LogP contribution in [0.3, 0.4) is 0 Å². The molecule has 15 rings (SSSR count). The topological polar surface area (TPSA) is 466 Å². The van der Waals surface area contributed by atoms with Gasteiger partial charge in [-0.15, -0.1) is 0 Å². The number of sulfone groups is 1. The van der Waals surface area contributed by atoms with Crippen molar-refractivity contribution < 1.29 is 67.2 Å². The average Bonchev–Trinajstić information content (AvgIpc) is 0.832. The Labute approximate surface area is 806 Å². The number of non-ortho nitro benzene ring substituents is 1. The zero-order chi connectivity index (χ0) is 102. The molecule has 14 aromatic rings. The molecule has 140 heavy (non-hydrogen) atoms. The molecule has 11 N–H and O–H groups in total. The zero-order valence-corrected chi connectivity index (χ0v) is 84.2. The van der Waals surface area contributed by atoms with Crippen LogP contribution < -0.4 is 75.5 Å². The van der Waals surface area contributed by atoms with Gasteiger partial charge in [0.2, 0.25) is 29.7 Å². The molecule has 0 unspecified atom stereocenters. The summed E-state index contributed by atoms with van der Waals surface area (Å²) >= 11 is 0. The van der Waals surface area contributed by atoms with E-state index < -0.39 is 79.8 Å². The minimum absolute atomic E-state index is 0.0115. The van der Waals surface area contributed by atoms with Gasteiger partial charge in [-0.1, -0.05) is 54.6 Å². The maximum Gasteiger partial charge on any atom is 0.421 e. The second kappa shape index (κ2) is 46.0. The predicted octanol–water partition coefficient (Wildman–Crippen LogP) is 18.9. The van der Waals surface area contributed by atoms with Crippen molar-refractivity contribution in [1.29, 1.82) is 0 Å². The van der Waals surface area contributed by atoms with E-state index in [1.165, 1.54) is 30.3 Å². The van der Waals surface area contributed by atoms with Crippen molar-refractivity contribution in [3.63, 3.8) is 0 Å². The van der Waals surface area contributed by atoms with E-state index >= 15 is 0 Å². The molecule has 734 valence electrons. The lowest BCUT2D eigenvalue weighted by Gasteiger charge is -2.26. The molecule has 1 aliphatic heterocycles. The first-order valence-electron chi connectivity index (χ1n) is 43.0. The summed E-state index contributed by atoms with van der Waals surface area (Å²) in [7, 11) is -15.3. The third-order valence-electron chi connectivity index (χ3n) is 20.9. The Morgan fingerprint density at radius 3 is 1.19 bits per heavy atom. The number of nitrogens with two attached hydrogens (primary N) is 2. The maximum atomic E-state index is 13.5. The second-order valence-electron chi connectivity index (χ2n) is 34.1. The van der Waals surface area contributed by atoms with Crippen LogP contribution in [0.1, 0.15) is 33.4 Å². The van der Waals surface area contributed by atoms with Crippen LogP contribution in [0.2, 0.25) is 0 Å². The van der Waals surface area contributed by atoms with Crippen LogP contribution in [0.4, 0.5) is 113 Å². The number of aryl methyl sites for hydroxylation is 3. The molecule has 33 nitrogen and oxygen atoms in total. The van der Waals surface area contributed by atoms with Crippen molar-refractivity contribution >= 4 is 159 Å². The fourth-order valence-electron chi connectivity index (χ4n) is 13.1. The van der Waals surface area contributed by atoms with Crippen molar-refractivity contribution in [3.8, 4) is 33.8 Å². The second-order valence-corrected chi connectivity index (χ2v) is 52.1. The first-order valence-corrected chi connectivity index (χ1v) is 57.9. The molecule has 1 aliphatic rings. The van der Waals surface area contributed by atoms with Gasteiger partial charge in [0, 0.05) is 161 Å². The number of nitro groups is 1. The number of nitrogen functional groups attached to an aromatic ring is 2. The van der Waals surface area contributed by atoms with Gasteiger partial charge < -0.3 is 76.2 Å². The molecule has 45 heteroatoms. The number of nitro benzene ring substituents is 1. The highest BCUT2D eigenvalue weighted by Crippen LogP contribution is 2.42. The van der Waals surface area contributed by atoms with Gasteiger partial charge in [-0.3, -0.25) is 25.0 Å². The summed E-state index contributed by atoms with van der Waals surface area (Å²) in [6.07, 6.45) is 1.54. The molecule has 7 aromatic carbocycles. The van der Waals surface area contributed by atoms with Gasteiger partial charge in [0.25, 0.3) is 5.69 Å². The summed E-state index contributed by atoms with van der Waals surface area (Å²) in [4.78, 5) is 63.1. The summed E-state index contributed by atoms with van der Waals surface area (Å²) in [5.41, 5.74) is 23.8. The van der Waals surface area contributed by atoms with Gasteiger partial charge in [-0.25, -0.2) is 48.3 Å². The van der Waals surface area contributed by atoms with Gasteiger partial charge >= 0.3 is 12.4 Å². The Kier molecular flexibility index (Phi) is 35.1. The SMILES string of the molecule is CP(C)(=O)c1ccc(Nc2ncc(C(F)(F)F)c(NCCN3CCOCC3)n2)cc1.CP(C)(=O)c1ccc(Nc2ncc(C(F)(F)F)c(NCc3cccc(S(C)(=O)=O)c3)n2)cc1.Cc1ccc(N)cc1Nc1nccc(-c2ccc(P(C)(C)=O)cc2)n1.Cc1ccc(N)cc1Nc1nccc(-c2ccc(P(C)(C)=O)nc2)n1.Cc1ccc([N+](=O)[O-])cc1Nc1nccc(-c2ccc(P(C)(C)=O)nc2)n1. The van der Waals surface area contributed by atoms with E-state index in [0.29, 0.717) is 112 Å². The van der Waals surface area contributed by atoms with Crippen LogP contribution in [-0.2, 0) is 56.3 Å². The average molecular weight is 2030 g/mol. The van der Waals surface area contributed by atoms with Gasteiger partial charge in [-0.05, 0) is 237 Å². The third-order valence-corrected chi connectivity index (χ3v) is 29.4. The molecule has 0 spiro atoms. The monoisotopic (exact) mass is 2030 g/mol. The smallest absolute Gasteiger partial charge is 0.399 e. The summed E-state index contributed by atoms with van der Waals surface area (Å²) in [5, 5.41) is 33.8. The van der Waals surface area contributed by atoms with E-state index in [-0.39, 0.29) is 34.8 Å². The molecule has 1 fully saturated rings. The Morgan fingerprint density at radius 2 is 0.807 bits per heavy atom. The molecule has 0 saturated carbocycles. The largest absolute Gasteiger partial charge is 0.421 e. The van der Waals surface area contributed by atoms with Crippen molar-refractivity contribution in [3.05, 3.63) is 281 Å². The van der Waals surface area contributed by atoms with Crippen LogP contribution >= 0.6 is 35.7 Å². The van der Waals surface area contributed by atoms with Crippen LogP contribution in [0.25, 0.3) is 33.8 Å². The molecule has 0 bridgehead atoms. The van der Waals surface area contributed by atoms with Crippen molar-refractivity contribution in [2.45, 2.75) is 44.6 Å². The van der Waals surface area contributed by atoms with Gasteiger partial charge in [-0.2, -0.15) is 36.3 Å². The maximum absolute atomic E-state index is 13.5. The van der Waals surface area contributed by atoms with Crippen molar-refractivity contribution in [2.24, 2.45) is 0 Å². The number of rotatable bonds is 27. The number of ether oxygens (including phenoxy) is 1. The molecule has 8 heterocycles. The fourth-order valence-corrected chi connectivity index (χ4v) is 17.9. The number of hydrogen-bond acceptors (Lipinski definition) is 32.